The number of ether oxygens (including phenoxy) is 1. The van der Waals surface area contributed by atoms with Crippen molar-refractivity contribution in [2.24, 2.45) is 0 Å². The third-order valence-corrected chi connectivity index (χ3v) is 4.15. The van der Waals surface area contributed by atoms with Crippen molar-refractivity contribution in [1.82, 2.24) is 5.32 Å². The van der Waals surface area contributed by atoms with E-state index in [0.717, 1.165) is 0 Å². The van der Waals surface area contributed by atoms with Gasteiger partial charge in [-0.15, -0.1) is 0 Å². The van der Waals surface area contributed by atoms with Gasteiger partial charge in [0, 0.05) is 29.8 Å². The molecule has 0 aliphatic heterocycles. The molecule has 3 rings (SSSR count). The number of hydrogen-bond donors (Lipinski definition) is 2. The van der Waals surface area contributed by atoms with E-state index in [1.165, 1.54) is 12.3 Å². The number of rotatable bonds is 9. The predicted molar refractivity (Wildman–Crippen MR) is 116 cm³/mol. The van der Waals surface area contributed by atoms with Gasteiger partial charge in [-0.1, -0.05) is 24.3 Å². The lowest BCUT2D eigenvalue weighted by molar-refractivity contribution is -0.113. The first-order chi connectivity index (χ1) is 15.2. The summed E-state index contributed by atoms with van der Waals surface area (Å²) < 4.78 is 10.9. The quantitative estimate of drug-likeness (QED) is 0.399. The molecule has 2 N–H and O–H groups in total. The van der Waals surface area contributed by atoms with Crippen molar-refractivity contribution in [2.75, 3.05) is 11.9 Å². The highest BCUT2D eigenvalue weighted by Gasteiger charge is 2.16. The number of carbonyl (C=O) groups is 2. The second kappa shape index (κ2) is 11.0. The van der Waals surface area contributed by atoms with Gasteiger partial charge in [-0.2, -0.15) is 5.26 Å². The SMILES string of the molecule is N#CCCCOc1cccc(NC(=O)C(=Cc2ccco2)NC(=O)c2ccccc2)c1. The Balaban J connectivity index is 1.73. The molecule has 0 saturated heterocycles. The van der Waals surface area contributed by atoms with Crippen molar-refractivity contribution in [3.63, 3.8) is 0 Å². The minimum absolute atomic E-state index is 0.0316. The van der Waals surface area contributed by atoms with Crippen molar-refractivity contribution < 1.29 is 18.7 Å². The first-order valence-corrected chi connectivity index (χ1v) is 9.68. The molecule has 1 aromatic heterocycles. The predicted octanol–water partition coefficient (Wildman–Crippen LogP) is 4.37. The molecule has 0 unspecified atom stereocenters. The monoisotopic (exact) mass is 415 g/mol. The van der Waals surface area contributed by atoms with Crippen LogP contribution in [-0.2, 0) is 4.79 Å². The number of hydrogen-bond acceptors (Lipinski definition) is 5. The fraction of sp³-hybridized carbons (Fsp3) is 0.125. The summed E-state index contributed by atoms with van der Waals surface area (Å²) in [6, 6.07) is 20.9. The lowest BCUT2D eigenvalue weighted by Gasteiger charge is -2.12. The van der Waals surface area contributed by atoms with Gasteiger partial charge in [-0.25, -0.2) is 0 Å². The van der Waals surface area contributed by atoms with Crippen LogP contribution in [0.4, 0.5) is 5.69 Å². The molecule has 0 radical (unpaired) electrons. The molecule has 31 heavy (non-hydrogen) atoms. The van der Waals surface area contributed by atoms with Crippen molar-refractivity contribution in [1.29, 1.82) is 5.26 Å². The van der Waals surface area contributed by atoms with Gasteiger partial charge in [-0.3, -0.25) is 9.59 Å². The minimum Gasteiger partial charge on any atom is -0.493 e. The average Bonchev–Trinajstić information content (AvgIpc) is 3.30. The topological polar surface area (TPSA) is 104 Å². The van der Waals surface area contributed by atoms with Crippen LogP contribution >= 0.6 is 0 Å². The average molecular weight is 415 g/mol. The molecular formula is C24H21N3O4. The van der Waals surface area contributed by atoms with Crippen molar-refractivity contribution >= 4 is 23.6 Å². The van der Waals surface area contributed by atoms with Crippen LogP contribution in [0.15, 0.2) is 83.1 Å². The lowest BCUT2D eigenvalue weighted by Crippen LogP contribution is -2.30. The van der Waals surface area contributed by atoms with Gasteiger partial charge in [-0.05, 0) is 42.8 Å². The molecule has 2 amide bonds. The van der Waals surface area contributed by atoms with Crippen LogP contribution in [0.1, 0.15) is 29.0 Å². The van der Waals surface area contributed by atoms with Crippen LogP contribution in [0.5, 0.6) is 5.75 Å². The highest BCUT2D eigenvalue weighted by Crippen LogP contribution is 2.19. The maximum atomic E-state index is 12.9. The number of benzene rings is 2. The van der Waals surface area contributed by atoms with E-state index in [1.54, 1.807) is 66.7 Å². The number of nitrogens with one attached hydrogen (secondary N) is 2. The van der Waals surface area contributed by atoms with Gasteiger partial charge < -0.3 is 19.8 Å². The van der Waals surface area contributed by atoms with Gasteiger partial charge in [0.25, 0.3) is 11.8 Å². The smallest absolute Gasteiger partial charge is 0.272 e. The summed E-state index contributed by atoms with van der Waals surface area (Å²) in [5, 5.41) is 14.0. The Morgan fingerprint density at radius 3 is 2.65 bits per heavy atom. The molecular weight excluding hydrogens is 394 g/mol. The molecule has 7 heteroatoms. The summed E-state index contributed by atoms with van der Waals surface area (Å²) in [5.41, 5.74) is 0.958. The van der Waals surface area contributed by atoms with Crippen LogP contribution in [0.2, 0.25) is 0 Å². The number of nitrogens with zero attached hydrogens (tertiary/aromatic N) is 1. The van der Waals surface area contributed by atoms with Gasteiger partial charge in [0.05, 0.1) is 18.9 Å². The van der Waals surface area contributed by atoms with E-state index in [0.29, 0.717) is 42.2 Å². The summed E-state index contributed by atoms with van der Waals surface area (Å²) in [7, 11) is 0. The molecule has 0 atom stereocenters. The molecule has 2 aromatic carbocycles. The van der Waals surface area contributed by atoms with Crippen molar-refractivity contribution in [3.05, 3.63) is 90.0 Å². The first-order valence-electron chi connectivity index (χ1n) is 9.68. The van der Waals surface area contributed by atoms with Gasteiger partial charge >= 0.3 is 0 Å². The summed E-state index contributed by atoms with van der Waals surface area (Å²) in [6.07, 6.45) is 3.97. The Morgan fingerprint density at radius 1 is 1.06 bits per heavy atom. The summed E-state index contributed by atoms with van der Waals surface area (Å²) in [5.74, 6) is 0.0687. The first kappa shape index (κ1) is 21.4. The van der Waals surface area contributed by atoms with Gasteiger partial charge in [0.2, 0.25) is 0 Å². The van der Waals surface area contributed by atoms with Crippen LogP contribution in [0.25, 0.3) is 6.08 Å². The highest BCUT2D eigenvalue weighted by atomic mass is 16.5. The molecule has 0 spiro atoms. The lowest BCUT2D eigenvalue weighted by atomic mass is 10.2. The summed E-state index contributed by atoms with van der Waals surface area (Å²) in [4.78, 5) is 25.5. The number of unbranched alkanes of at least 4 members (excludes halogenated alkanes) is 1. The molecule has 156 valence electrons. The number of anilines is 1. The van der Waals surface area contributed by atoms with E-state index in [1.807, 2.05) is 0 Å². The van der Waals surface area contributed by atoms with Crippen LogP contribution in [-0.4, -0.2) is 18.4 Å². The molecule has 0 bridgehead atoms. The summed E-state index contributed by atoms with van der Waals surface area (Å²) >= 11 is 0. The van der Waals surface area contributed by atoms with E-state index in [4.69, 9.17) is 14.4 Å². The second-order valence-corrected chi connectivity index (χ2v) is 6.49. The normalized spacial score (nSPS) is 10.7. The zero-order chi connectivity index (χ0) is 21.9. The van der Waals surface area contributed by atoms with Gasteiger partial charge in [0.15, 0.2) is 0 Å². The zero-order valence-corrected chi connectivity index (χ0v) is 16.7. The number of amides is 2. The van der Waals surface area contributed by atoms with E-state index < -0.39 is 11.8 Å². The third kappa shape index (κ3) is 6.61. The second-order valence-electron chi connectivity index (χ2n) is 6.49. The van der Waals surface area contributed by atoms with Crippen molar-refractivity contribution in [3.8, 4) is 11.8 Å². The Bertz CT molecular complexity index is 1080. The Kier molecular flexibility index (Phi) is 7.61. The molecule has 7 nitrogen and oxygen atoms in total. The number of furan rings is 1. The van der Waals surface area contributed by atoms with Gasteiger partial charge in [0.1, 0.15) is 17.2 Å². The Morgan fingerprint density at radius 2 is 1.90 bits per heavy atom. The molecule has 0 fully saturated rings. The van der Waals surface area contributed by atoms with E-state index >= 15 is 0 Å². The largest absolute Gasteiger partial charge is 0.493 e. The fourth-order valence-corrected chi connectivity index (χ4v) is 2.66. The van der Waals surface area contributed by atoms with E-state index in [-0.39, 0.29) is 5.70 Å². The van der Waals surface area contributed by atoms with E-state index in [9.17, 15) is 9.59 Å². The molecule has 0 aliphatic carbocycles. The molecule has 0 aliphatic rings. The van der Waals surface area contributed by atoms with Crippen LogP contribution in [0.3, 0.4) is 0 Å². The molecule has 3 aromatic rings. The Hall–Kier alpha value is -4.31. The van der Waals surface area contributed by atoms with Crippen LogP contribution in [0, 0.1) is 11.3 Å². The van der Waals surface area contributed by atoms with Crippen molar-refractivity contribution in [2.45, 2.75) is 12.8 Å². The molecule has 0 saturated carbocycles. The zero-order valence-electron chi connectivity index (χ0n) is 16.7. The summed E-state index contributed by atoms with van der Waals surface area (Å²) in [6.45, 7) is 0.405. The molecule has 1 heterocycles. The third-order valence-electron chi connectivity index (χ3n) is 4.15. The van der Waals surface area contributed by atoms with Crippen LogP contribution < -0.4 is 15.4 Å². The van der Waals surface area contributed by atoms with E-state index in [2.05, 4.69) is 16.7 Å². The fourth-order valence-electron chi connectivity index (χ4n) is 2.66. The highest BCUT2D eigenvalue weighted by molar-refractivity contribution is 6.10. The number of nitriles is 1. The minimum atomic E-state index is -0.512. The number of carbonyl (C=O) groups excluding carboxylic acids is 2. The standard InChI is InChI=1S/C24H21N3O4/c25-13-4-5-14-30-20-11-6-10-19(16-20)26-24(29)22(17-21-12-7-15-31-21)27-23(28)18-8-2-1-3-9-18/h1-3,6-12,15-17H,4-5,14H2,(H,26,29)(H,27,28). The maximum Gasteiger partial charge on any atom is 0.272 e. The Labute approximate surface area is 179 Å². The maximum absolute atomic E-state index is 12.9.